The molecule has 1 aromatic carbocycles. The number of aliphatic hydroxyl groups excluding tert-OH is 1. The summed E-state index contributed by atoms with van der Waals surface area (Å²) >= 11 is 8.85. The third-order valence-electron chi connectivity index (χ3n) is 7.05. The zero-order valence-electron chi connectivity index (χ0n) is 22.3. The summed E-state index contributed by atoms with van der Waals surface area (Å²) in [5.74, 6) is -0.233. The summed E-state index contributed by atoms with van der Waals surface area (Å²) in [6.45, 7) is 0.464. The molecule has 1 fully saturated rings. The average molecular weight is 609 g/mol. The maximum atomic E-state index is 13.2. The fraction of sp³-hybridized carbons (Fsp3) is 0.429. The lowest BCUT2D eigenvalue weighted by Gasteiger charge is -2.35. The molecule has 216 valence electrons. The molecule has 1 amide bonds. The summed E-state index contributed by atoms with van der Waals surface area (Å²) < 4.78 is 16.4. The molecule has 2 aromatic heterocycles. The van der Waals surface area contributed by atoms with Crippen LogP contribution in [0, 0.1) is 0 Å². The van der Waals surface area contributed by atoms with E-state index in [9.17, 15) is 19.8 Å². The van der Waals surface area contributed by atoms with Crippen LogP contribution in [0.5, 0.6) is 5.75 Å². The highest BCUT2D eigenvalue weighted by Gasteiger charge is 2.45. The van der Waals surface area contributed by atoms with Gasteiger partial charge in [0.25, 0.3) is 0 Å². The predicted octanol–water partition coefficient (Wildman–Crippen LogP) is 5.23. The number of carbonyl (C=O) groups is 2. The second-order valence-electron chi connectivity index (χ2n) is 9.54. The molecule has 0 atom stereocenters. The van der Waals surface area contributed by atoms with E-state index in [-0.39, 0.29) is 30.4 Å². The zero-order chi connectivity index (χ0) is 28.7. The van der Waals surface area contributed by atoms with Crippen LogP contribution >= 0.6 is 34.3 Å². The molecule has 3 N–H and O–H groups in total. The number of amides is 1. The Morgan fingerprint density at radius 3 is 2.33 bits per heavy atom. The Kier molecular flexibility index (Phi) is 10.4. The van der Waals surface area contributed by atoms with Crippen LogP contribution in [0.4, 0.5) is 10.5 Å². The van der Waals surface area contributed by atoms with Crippen molar-refractivity contribution >= 4 is 52.0 Å². The van der Waals surface area contributed by atoms with Crippen molar-refractivity contribution < 1.29 is 34.0 Å². The van der Waals surface area contributed by atoms with Crippen LogP contribution in [0.1, 0.15) is 41.0 Å². The standard InChI is InChI=1S/C28H33ClN2O7S2/c1-31(11-12-37-27(34)30-22-16-23(36-2)18(17-32)15-21(22)29)19-7-9-20(10-8-19)38-26(33)28(35,24-5-3-13-39-24)25-6-4-14-40-25/h3-6,13-16,19-20,32,35H,7-12,17H2,1-2H3,(H,30,34)/t19-,20-. The van der Waals surface area contributed by atoms with Gasteiger partial charge in [-0.1, -0.05) is 23.7 Å². The minimum Gasteiger partial charge on any atom is -0.496 e. The van der Waals surface area contributed by atoms with Gasteiger partial charge in [-0.25, -0.2) is 9.59 Å². The Labute approximate surface area is 246 Å². The highest BCUT2D eigenvalue weighted by atomic mass is 35.5. The first-order valence-electron chi connectivity index (χ1n) is 12.9. The SMILES string of the molecule is COc1cc(NC(=O)OCCN(C)[C@H]2CC[C@H](OC(=O)C(O)(c3cccs3)c3cccs3)CC2)c(Cl)cc1CO. The third-order valence-corrected chi connectivity index (χ3v) is 9.32. The average Bonchev–Trinajstić information content (AvgIpc) is 3.69. The van der Waals surface area contributed by atoms with Crippen molar-refractivity contribution in [1.82, 2.24) is 4.90 Å². The number of nitrogens with zero attached hydrogens (tertiary/aromatic N) is 1. The summed E-state index contributed by atoms with van der Waals surface area (Å²) in [6.07, 6.45) is 2.06. The number of thiophene rings is 2. The van der Waals surface area contributed by atoms with Crippen molar-refractivity contribution in [1.29, 1.82) is 0 Å². The molecule has 0 radical (unpaired) electrons. The molecule has 4 rings (SSSR count). The monoisotopic (exact) mass is 608 g/mol. The lowest BCUT2D eigenvalue weighted by Crippen LogP contribution is -2.42. The number of ether oxygens (including phenoxy) is 3. The van der Waals surface area contributed by atoms with Crippen LogP contribution in [-0.4, -0.2) is 66.6 Å². The van der Waals surface area contributed by atoms with E-state index in [4.69, 9.17) is 25.8 Å². The number of methoxy groups -OCH3 is 1. The van der Waals surface area contributed by atoms with Crippen molar-refractivity contribution in [2.24, 2.45) is 0 Å². The highest BCUT2D eigenvalue weighted by molar-refractivity contribution is 7.12. The first kappa shape index (κ1) is 30.3. The van der Waals surface area contributed by atoms with E-state index in [1.165, 1.54) is 41.9 Å². The molecular formula is C28H33ClN2O7S2. The molecule has 40 heavy (non-hydrogen) atoms. The molecule has 2 heterocycles. The van der Waals surface area contributed by atoms with Crippen LogP contribution < -0.4 is 10.1 Å². The number of halogens is 1. The van der Waals surface area contributed by atoms with E-state index in [1.807, 2.05) is 29.9 Å². The molecule has 0 bridgehead atoms. The number of nitrogens with one attached hydrogen (secondary N) is 1. The smallest absolute Gasteiger partial charge is 0.411 e. The van der Waals surface area contributed by atoms with Crippen LogP contribution in [0.15, 0.2) is 47.2 Å². The molecule has 0 saturated heterocycles. The molecule has 12 heteroatoms. The van der Waals surface area contributed by atoms with Crippen molar-refractivity contribution in [3.05, 3.63) is 67.5 Å². The predicted molar refractivity (Wildman–Crippen MR) is 155 cm³/mol. The number of aliphatic hydroxyl groups is 2. The molecule has 1 aliphatic rings. The van der Waals surface area contributed by atoms with Gasteiger partial charge >= 0.3 is 12.1 Å². The topological polar surface area (TPSA) is 118 Å². The van der Waals surface area contributed by atoms with Gasteiger partial charge in [-0.3, -0.25) is 5.32 Å². The number of esters is 1. The highest BCUT2D eigenvalue weighted by Crippen LogP contribution is 2.38. The Balaban J connectivity index is 1.22. The second-order valence-corrected chi connectivity index (χ2v) is 11.8. The molecule has 3 aromatic rings. The van der Waals surface area contributed by atoms with E-state index in [0.29, 0.717) is 46.1 Å². The number of benzene rings is 1. The molecular weight excluding hydrogens is 576 g/mol. The minimum absolute atomic E-state index is 0.176. The van der Waals surface area contributed by atoms with Crippen LogP contribution in [0.2, 0.25) is 5.02 Å². The normalized spacial score (nSPS) is 17.4. The van der Waals surface area contributed by atoms with Gasteiger partial charge in [-0.2, -0.15) is 0 Å². The zero-order valence-corrected chi connectivity index (χ0v) is 24.7. The molecule has 9 nitrogen and oxygen atoms in total. The fourth-order valence-electron chi connectivity index (χ4n) is 4.75. The van der Waals surface area contributed by atoms with Crippen LogP contribution in [0.25, 0.3) is 0 Å². The van der Waals surface area contributed by atoms with Crippen molar-refractivity contribution in [3.63, 3.8) is 0 Å². The van der Waals surface area contributed by atoms with Gasteiger partial charge in [0.1, 0.15) is 18.5 Å². The van der Waals surface area contributed by atoms with Crippen LogP contribution in [0.3, 0.4) is 0 Å². The third kappa shape index (κ3) is 6.96. The van der Waals surface area contributed by atoms with Crippen LogP contribution in [-0.2, 0) is 26.5 Å². The van der Waals surface area contributed by atoms with E-state index < -0.39 is 17.7 Å². The Morgan fingerprint density at radius 2 is 1.77 bits per heavy atom. The van der Waals surface area contributed by atoms with Crippen molar-refractivity contribution in [2.75, 3.05) is 32.6 Å². The Bertz CT molecular complexity index is 1230. The molecule has 0 unspecified atom stereocenters. The van der Waals surface area contributed by atoms with Gasteiger partial charge in [0.2, 0.25) is 5.60 Å². The van der Waals surface area contributed by atoms with Crippen molar-refractivity contribution in [2.45, 2.75) is 50.0 Å². The summed E-state index contributed by atoms with van der Waals surface area (Å²) in [6, 6.07) is 10.4. The number of hydrogen-bond donors (Lipinski definition) is 3. The fourth-order valence-corrected chi connectivity index (χ4v) is 6.69. The molecule has 0 spiro atoms. The quantitative estimate of drug-likeness (QED) is 0.253. The lowest BCUT2D eigenvalue weighted by atomic mass is 9.91. The van der Waals surface area contributed by atoms with Gasteiger partial charge in [0, 0.05) is 24.2 Å². The lowest BCUT2D eigenvalue weighted by molar-refractivity contribution is -0.169. The van der Waals surface area contributed by atoms with E-state index in [2.05, 4.69) is 10.2 Å². The molecule has 1 saturated carbocycles. The minimum atomic E-state index is -1.80. The molecule has 1 aliphatic carbocycles. The maximum Gasteiger partial charge on any atom is 0.411 e. The van der Waals surface area contributed by atoms with E-state index in [1.54, 1.807) is 12.1 Å². The second kappa shape index (κ2) is 13.8. The van der Waals surface area contributed by atoms with Gasteiger partial charge in [0.05, 0.1) is 34.2 Å². The number of likely N-dealkylation sites (N-methyl/N-ethyl adjacent to an activating group) is 1. The van der Waals surface area contributed by atoms with E-state index in [0.717, 1.165) is 12.8 Å². The van der Waals surface area contributed by atoms with E-state index >= 15 is 0 Å². The number of anilines is 1. The van der Waals surface area contributed by atoms with Gasteiger partial charge < -0.3 is 29.3 Å². The Hall–Kier alpha value is -2.67. The number of rotatable bonds is 11. The summed E-state index contributed by atoms with van der Waals surface area (Å²) in [5.41, 5.74) is -0.963. The van der Waals surface area contributed by atoms with Gasteiger partial charge in [-0.05, 0) is 61.7 Å². The summed E-state index contributed by atoms with van der Waals surface area (Å²) in [5, 5.41) is 27.4. The largest absolute Gasteiger partial charge is 0.496 e. The van der Waals surface area contributed by atoms with Crippen molar-refractivity contribution in [3.8, 4) is 5.75 Å². The van der Waals surface area contributed by atoms with Gasteiger partial charge in [-0.15, -0.1) is 22.7 Å². The summed E-state index contributed by atoms with van der Waals surface area (Å²) in [7, 11) is 3.44. The first-order chi connectivity index (χ1) is 19.3. The Morgan fingerprint density at radius 1 is 1.12 bits per heavy atom. The number of carbonyl (C=O) groups excluding carboxylic acids is 2. The van der Waals surface area contributed by atoms with Gasteiger partial charge in [0.15, 0.2) is 0 Å². The number of hydrogen-bond acceptors (Lipinski definition) is 10. The summed E-state index contributed by atoms with van der Waals surface area (Å²) in [4.78, 5) is 28.7. The maximum absolute atomic E-state index is 13.2. The molecule has 0 aliphatic heterocycles. The first-order valence-corrected chi connectivity index (χ1v) is 15.0.